The van der Waals surface area contributed by atoms with Crippen molar-refractivity contribution in [3.8, 4) is 0 Å². The first-order chi connectivity index (χ1) is 7.13. The fraction of sp³-hybridized carbons (Fsp3) is 0.364. The van der Waals surface area contributed by atoms with Crippen molar-refractivity contribution in [2.75, 3.05) is 30.4 Å². The zero-order valence-corrected chi connectivity index (χ0v) is 9.19. The van der Waals surface area contributed by atoms with Crippen molar-refractivity contribution in [1.29, 1.82) is 0 Å². The minimum absolute atomic E-state index is 0.164. The van der Waals surface area contributed by atoms with Crippen molar-refractivity contribution < 1.29 is 4.79 Å². The van der Waals surface area contributed by atoms with Gasteiger partial charge in [-0.1, -0.05) is 0 Å². The molecule has 15 heavy (non-hydrogen) atoms. The standard InChI is InChI=1S/C11H14N3O/c1-4-14-10-6-5-8(13(2)3)7-9(10)12-11(14)15/h5-7H,4H2,1-3H3. The number of hydrogen-bond donors (Lipinski definition) is 0. The maximum Gasteiger partial charge on any atom is 0.348 e. The van der Waals surface area contributed by atoms with Gasteiger partial charge in [-0.2, -0.15) is 5.32 Å². The molecule has 4 nitrogen and oxygen atoms in total. The minimum atomic E-state index is -0.164. The lowest BCUT2D eigenvalue weighted by molar-refractivity contribution is 0.251. The van der Waals surface area contributed by atoms with Gasteiger partial charge in [0.15, 0.2) is 0 Å². The van der Waals surface area contributed by atoms with Gasteiger partial charge >= 0.3 is 6.03 Å². The van der Waals surface area contributed by atoms with Gasteiger partial charge in [-0.3, -0.25) is 4.90 Å². The van der Waals surface area contributed by atoms with Gasteiger partial charge < -0.3 is 4.90 Å². The molecule has 0 N–H and O–H groups in total. The molecular weight excluding hydrogens is 190 g/mol. The first kappa shape index (κ1) is 9.83. The molecule has 0 saturated heterocycles. The molecule has 1 aliphatic heterocycles. The Morgan fingerprint density at radius 3 is 2.73 bits per heavy atom. The molecule has 4 heteroatoms. The third-order valence-electron chi connectivity index (χ3n) is 2.53. The molecule has 2 amide bonds. The molecule has 79 valence electrons. The summed E-state index contributed by atoms with van der Waals surface area (Å²) in [4.78, 5) is 15.2. The summed E-state index contributed by atoms with van der Waals surface area (Å²) in [6, 6.07) is 5.71. The molecule has 1 heterocycles. The number of amides is 2. The van der Waals surface area contributed by atoms with Gasteiger partial charge in [0.25, 0.3) is 0 Å². The number of carbonyl (C=O) groups is 1. The molecule has 0 unspecified atom stereocenters. The largest absolute Gasteiger partial charge is 0.378 e. The predicted octanol–water partition coefficient (Wildman–Crippen LogP) is 1.95. The Balaban J connectivity index is 2.41. The monoisotopic (exact) mass is 204 g/mol. The summed E-state index contributed by atoms with van der Waals surface area (Å²) in [5.41, 5.74) is 2.74. The molecule has 0 spiro atoms. The lowest BCUT2D eigenvalue weighted by Crippen LogP contribution is -2.27. The molecule has 0 bridgehead atoms. The Kier molecular flexibility index (Phi) is 2.26. The highest BCUT2D eigenvalue weighted by Gasteiger charge is 2.27. The Morgan fingerprint density at radius 2 is 2.13 bits per heavy atom. The van der Waals surface area contributed by atoms with Crippen LogP contribution in [-0.2, 0) is 0 Å². The highest BCUT2D eigenvalue weighted by Crippen LogP contribution is 2.35. The van der Waals surface area contributed by atoms with E-state index in [1.807, 2.05) is 44.1 Å². The van der Waals surface area contributed by atoms with E-state index in [0.717, 1.165) is 17.1 Å². The highest BCUT2D eigenvalue weighted by molar-refractivity contribution is 6.04. The zero-order valence-electron chi connectivity index (χ0n) is 9.19. The fourth-order valence-electron chi connectivity index (χ4n) is 1.68. The second kappa shape index (κ2) is 3.46. The normalized spacial score (nSPS) is 13.8. The quantitative estimate of drug-likeness (QED) is 0.738. The number of benzene rings is 1. The van der Waals surface area contributed by atoms with Crippen LogP contribution in [0, 0.1) is 0 Å². The van der Waals surface area contributed by atoms with Crippen LogP contribution in [0.4, 0.5) is 21.9 Å². The number of hydrogen-bond acceptors (Lipinski definition) is 2. The van der Waals surface area contributed by atoms with E-state index in [1.165, 1.54) is 0 Å². The van der Waals surface area contributed by atoms with Crippen molar-refractivity contribution in [3.05, 3.63) is 18.2 Å². The molecule has 1 aromatic carbocycles. The Hall–Kier alpha value is -1.71. The predicted molar refractivity (Wildman–Crippen MR) is 61.0 cm³/mol. The van der Waals surface area contributed by atoms with E-state index in [1.54, 1.807) is 4.90 Å². The number of nitrogens with zero attached hydrogens (tertiary/aromatic N) is 3. The average molecular weight is 204 g/mol. The summed E-state index contributed by atoms with van der Waals surface area (Å²) in [6.45, 7) is 2.61. The molecule has 0 aromatic heterocycles. The molecule has 0 saturated carbocycles. The number of carbonyl (C=O) groups excluding carboxylic acids is 1. The van der Waals surface area contributed by atoms with E-state index < -0.39 is 0 Å². The van der Waals surface area contributed by atoms with Crippen LogP contribution >= 0.6 is 0 Å². The molecule has 0 atom stereocenters. The summed E-state index contributed by atoms with van der Waals surface area (Å²) in [5, 5.41) is 4.01. The van der Waals surface area contributed by atoms with Crippen molar-refractivity contribution >= 4 is 23.1 Å². The molecule has 2 rings (SSSR count). The van der Waals surface area contributed by atoms with Crippen molar-refractivity contribution in [1.82, 2.24) is 5.32 Å². The summed E-state index contributed by atoms with van der Waals surface area (Å²) in [5.74, 6) is 0. The van der Waals surface area contributed by atoms with Gasteiger partial charge in [0.05, 0.1) is 11.4 Å². The molecule has 1 aromatic rings. The second-order valence-electron chi connectivity index (χ2n) is 3.71. The van der Waals surface area contributed by atoms with Gasteiger partial charge in [0.2, 0.25) is 0 Å². The highest BCUT2D eigenvalue weighted by atomic mass is 16.2. The lowest BCUT2D eigenvalue weighted by atomic mass is 10.2. The number of urea groups is 1. The summed E-state index contributed by atoms with van der Waals surface area (Å²) in [6.07, 6.45) is 0. The molecule has 0 aliphatic carbocycles. The van der Waals surface area contributed by atoms with Gasteiger partial charge in [-0.15, -0.1) is 0 Å². The number of anilines is 2. The van der Waals surface area contributed by atoms with Crippen LogP contribution < -0.4 is 15.1 Å². The molecule has 0 fully saturated rings. The summed E-state index contributed by atoms with van der Waals surface area (Å²) >= 11 is 0. The van der Waals surface area contributed by atoms with Crippen LogP contribution in [0.3, 0.4) is 0 Å². The topological polar surface area (TPSA) is 37.7 Å². The van der Waals surface area contributed by atoms with E-state index in [9.17, 15) is 4.79 Å². The fourth-order valence-corrected chi connectivity index (χ4v) is 1.68. The van der Waals surface area contributed by atoms with E-state index >= 15 is 0 Å². The van der Waals surface area contributed by atoms with Gasteiger partial charge in [0, 0.05) is 26.3 Å². The van der Waals surface area contributed by atoms with E-state index in [2.05, 4.69) is 5.32 Å². The summed E-state index contributed by atoms with van der Waals surface area (Å²) in [7, 11) is 3.94. The molecule has 1 radical (unpaired) electrons. The zero-order chi connectivity index (χ0) is 11.0. The lowest BCUT2D eigenvalue weighted by Gasteiger charge is -2.15. The Labute approximate surface area is 89.5 Å². The molecular formula is C11H14N3O. The Morgan fingerprint density at radius 1 is 1.40 bits per heavy atom. The number of rotatable bonds is 2. The van der Waals surface area contributed by atoms with Gasteiger partial charge in [0.1, 0.15) is 0 Å². The number of fused-ring (bicyclic) bond motifs is 1. The first-order valence-corrected chi connectivity index (χ1v) is 4.98. The van der Waals surface area contributed by atoms with Crippen LogP contribution in [0.15, 0.2) is 18.2 Å². The summed E-state index contributed by atoms with van der Waals surface area (Å²) < 4.78 is 0. The SMILES string of the molecule is CCN1C(=O)[N]c2cc(N(C)C)ccc21. The van der Waals surface area contributed by atoms with Gasteiger partial charge in [-0.25, -0.2) is 4.79 Å². The van der Waals surface area contributed by atoms with E-state index in [0.29, 0.717) is 6.54 Å². The Bertz CT molecular complexity index is 401. The smallest absolute Gasteiger partial charge is 0.348 e. The van der Waals surface area contributed by atoms with Crippen LogP contribution in [0.25, 0.3) is 0 Å². The van der Waals surface area contributed by atoms with E-state index in [4.69, 9.17) is 0 Å². The van der Waals surface area contributed by atoms with E-state index in [-0.39, 0.29) is 6.03 Å². The van der Waals surface area contributed by atoms with Crippen molar-refractivity contribution in [2.45, 2.75) is 6.92 Å². The average Bonchev–Trinajstić information content (AvgIpc) is 2.51. The molecule has 1 aliphatic rings. The van der Waals surface area contributed by atoms with Crippen LogP contribution in [0.1, 0.15) is 6.92 Å². The van der Waals surface area contributed by atoms with Crippen LogP contribution in [0.5, 0.6) is 0 Å². The maximum atomic E-state index is 11.5. The maximum absolute atomic E-state index is 11.5. The third-order valence-corrected chi connectivity index (χ3v) is 2.53. The van der Waals surface area contributed by atoms with Crippen molar-refractivity contribution in [3.63, 3.8) is 0 Å². The minimum Gasteiger partial charge on any atom is -0.378 e. The first-order valence-electron chi connectivity index (χ1n) is 4.98. The van der Waals surface area contributed by atoms with Crippen LogP contribution in [-0.4, -0.2) is 26.7 Å². The third kappa shape index (κ3) is 1.52. The van der Waals surface area contributed by atoms with Crippen LogP contribution in [0.2, 0.25) is 0 Å². The van der Waals surface area contributed by atoms with Gasteiger partial charge in [-0.05, 0) is 25.1 Å². The second-order valence-corrected chi connectivity index (χ2v) is 3.71. The van der Waals surface area contributed by atoms with Crippen molar-refractivity contribution in [2.24, 2.45) is 0 Å².